The molecule has 0 spiro atoms. The monoisotopic (exact) mass is 365 g/mol. The van der Waals surface area contributed by atoms with E-state index < -0.39 is 0 Å². The number of nitrogens with one attached hydrogen (secondary N) is 1. The molecule has 1 unspecified atom stereocenters. The molecule has 128 valence electrons. The number of hydrogen-bond donors (Lipinski definition) is 1. The van der Waals surface area contributed by atoms with Gasteiger partial charge in [0.25, 0.3) is 5.91 Å². The summed E-state index contributed by atoms with van der Waals surface area (Å²) in [5, 5.41) is 3.91. The summed E-state index contributed by atoms with van der Waals surface area (Å²) in [6.07, 6.45) is 0.802. The first-order valence-corrected chi connectivity index (χ1v) is 8.60. The van der Waals surface area contributed by atoms with Gasteiger partial charge >= 0.3 is 0 Å². The highest BCUT2D eigenvalue weighted by Crippen LogP contribution is 2.27. The van der Waals surface area contributed by atoms with Crippen LogP contribution < -0.4 is 10.1 Å². The van der Waals surface area contributed by atoms with Crippen LogP contribution in [0.4, 0.5) is 0 Å². The molecule has 1 N–H and O–H groups in total. The summed E-state index contributed by atoms with van der Waals surface area (Å²) in [5.41, 5.74) is 3.54. The van der Waals surface area contributed by atoms with Gasteiger partial charge in [-0.15, -0.1) is 0 Å². The fraction of sp³-hybridized carbons (Fsp3) is 0.316. The molecule has 3 nitrogen and oxygen atoms in total. The van der Waals surface area contributed by atoms with Gasteiger partial charge in [-0.25, -0.2) is 0 Å². The predicted octanol–water partition coefficient (Wildman–Crippen LogP) is 5.26. The number of rotatable bonds is 6. The van der Waals surface area contributed by atoms with Gasteiger partial charge in [0.1, 0.15) is 5.75 Å². The minimum atomic E-state index is -0.189. The Morgan fingerprint density at radius 1 is 1.12 bits per heavy atom. The largest absolute Gasteiger partial charge is 0.482 e. The maximum atomic E-state index is 12.2. The van der Waals surface area contributed by atoms with Crippen LogP contribution in [0, 0.1) is 13.8 Å². The van der Waals surface area contributed by atoms with Crippen LogP contribution in [0.25, 0.3) is 0 Å². The van der Waals surface area contributed by atoms with E-state index in [1.807, 2.05) is 13.0 Å². The molecule has 24 heavy (non-hydrogen) atoms. The highest BCUT2D eigenvalue weighted by molar-refractivity contribution is 6.35. The van der Waals surface area contributed by atoms with Crippen LogP contribution in [-0.4, -0.2) is 12.5 Å². The summed E-state index contributed by atoms with van der Waals surface area (Å²) in [6, 6.07) is 11.1. The van der Waals surface area contributed by atoms with Gasteiger partial charge in [-0.05, 0) is 55.2 Å². The van der Waals surface area contributed by atoms with Gasteiger partial charge in [-0.1, -0.05) is 48.3 Å². The Morgan fingerprint density at radius 2 is 1.88 bits per heavy atom. The average molecular weight is 366 g/mol. The number of ether oxygens (including phenoxy) is 1. The Bertz CT molecular complexity index is 731. The Hall–Kier alpha value is -1.71. The molecule has 0 saturated heterocycles. The number of hydrogen-bond acceptors (Lipinski definition) is 2. The lowest BCUT2D eigenvalue weighted by atomic mass is 9.99. The van der Waals surface area contributed by atoms with Gasteiger partial charge in [0.05, 0.1) is 11.1 Å². The van der Waals surface area contributed by atoms with E-state index in [1.54, 1.807) is 18.2 Å². The predicted molar refractivity (Wildman–Crippen MR) is 99.0 cm³/mol. The molecule has 2 rings (SSSR count). The van der Waals surface area contributed by atoms with Gasteiger partial charge in [0, 0.05) is 5.02 Å². The van der Waals surface area contributed by atoms with Crippen LogP contribution in [0.5, 0.6) is 5.75 Å². The van der Waals surface area contributed by atoms with E-state index >= 15 is 0 Å². The molecule has 1 amide bonds. The molecule has 0 fully saturated rings. The average Bonchev–Trinajstić information content (AvgIpc) is 2.54. The van der Waals surface area contributed by atoms with Crippen LogP contribution >= 0.6 is 23.2 Å². The van der Waals surface area contributed by atoms with Crippen molar-refractivity contribution in [2.75, 3.05) is 6.61 Å². The maximum Gasteiger partial charge on any atom is 0.258 e. The van der Waals surface area contributed by atoms with E-state index in [9.17, 15) is 4.79 Å². The fourth-order valence-electron chi connectivity index (χ4n) is 2.37. The Labute approximate surface area is 152 Å². The quantitative estimate of drug-likeness (QED) is 0.758. The van der Waals surface area contributed by atoms with Crippen LogP contribution in [0.1, 0.15) is 36.1 Å². The summed E-state index contributed by atoms with van der Waals surface area (Å²) in [4.78, 5) is 12.2. The highest BCUT2D eigenvalue weighted by atomic mass is 35.5. The normalized spacial score (nSPS) is 11.9. The minimum absolute atomic E-state index is 0.0407. The zero-order valence-electron chi connectivity index (χ0n) is 14.0. The molecular weight excluding hydrogens is 345 g/mol. The van der Waals surface area contributed by atoms with Crippen LogP contribution in [0.3, 0.4) is 0 Å². The molecule has 0 heterocycles. The van der Waals surface area contributed by atoms with E-state index in [0.717, 1.165) is 12.0 Å². The van der Waals surface area contributed by atoms with Gasteiger partial charge in [0.2, 0.25) is 0 Å². The van der Waals surface area contributed by atoms with Gasteiger partial charge in [0.15, 0.2) is 6.61 Å². The molecule has 0 aliphatic heterocycles. The number of carbonyl (C=O) groups excluding carboxylic acids is 1. The highest BCUT2D eigenvalue weighted by Gasteiger charge is 2.14. The van der Waals surface area contributed by atoms with Crippen molar-refractivity contribution >= 4 is 29.1 Å². The SMILES string of the molecule is CCC(NC(=O)COc1ccc(Cl)cc1Cl)c1ccc(C)c(C)c1. The van der Waals surface area contributed by atoms with E-state index in [4.69, 9.17) is 27.9 Å². The summed E-state index contributed by atoms with van der Waals surface area (Å²) in [5.74, 6) is 0.251. The van der Waals surface area contributed by atoms with Crippen molar-refractivity contribution in [2.24, 2.45) is 0 Å². The van der Waals surface area contributed by atoms with Crippen molar-refractivity contribution in [2.45, 2.75) is 33.2 Å². The number of halogens is 2. The van der Waals surface area contributed by atoms with Crippen molar-refractivity contribution in [3.8, 4) is 5.75 Å². The minimum Gasteiger partial charge on any atom is -0.482 e. The maximum absolute atomic E-state index is 12.2. The first-order chi connectivity index (χ1) is 11.4. The Morgan fingerprint density at radius 3 is 2.50 bits per heavy atom. The van der Waals surface area contributed by atoms with Crippen molar-refractivity contribution in [1.29, 1.82) is 0 Å². The molecule has 2 aromatic carbocycles. The standard InChI is InChI=1S/C19H21Cl2NO2/c1-4-17(14-6-5-12(2)13(3)9-14)22-19(23)11-24-18-8-7-15(20)10-16(18)21/h5-10,17H,4,11H2,1-3H3,(H,22,23). The number of amides is 1. The van der Waals surface area contributed by atoms with Crippen molar-refractivity contribution in [3.63, 3.8) is 0 Å². The second-order valence-electron chi connectivity index (χ2n) is 5.74. The van der Waals surface area contributed by atoms with E-state index in [1.165, 1.54) is 11.1 Å². The summed E-state index contributed by atoms with van der Waals surface area (Å²) in [7, 11) is 0. The lowest BCUT2D eigenvalue weighted by molar-refractivity contribution is -0.123. The summed E-state index contributed by atoms with van der Waals surface area (Å²) in [6.45, 7) is 6.08. The van der Waals surface area contributed by atoms with Crippen LogP contribution in [-0.2, 0) is 4.79 Å². The summed E-state index contributed by atoms with van der Waals surface area (Å²) < 4.78 is 5.48. The van der Waals surface area contributed by atoms with Crippen molar-refractivity contribution in [3.05, 3.63) is 63.1 Å². The van der Waals surface area contributed by atoms with Crippen molar-refractivity contribution in [1.82, 2.24) is 5.32 Å². The third-order valence-corrected chi connectivity index (χ3v) is 4.46. The van der Waals surface area contributed by atoms with Gasteiger partial charge < -0.3 is 10.1 Å². The molecule has 1 atom stereocenters. The lowest BCUT2D eigenvalue weighted by Gasteiger charge is -2.19. The molecular formula is C19H21Cl2NO2. The number of carbonyl (C=O) groups is 1. The Balaban J connectivity index is 1.97. The smallest absolute Gasteiger partial charge is 0.258 e. The lowest BCUT2D eigenvalue weighted by Crippen LogP contribution is -2.32. The zero-order chi connectivity index (χ0) is 17.7. The van der Waals surface area contributed by atoms with E-state index in [2.05, 4.69) is 31.3 Å². The third-order valence-electron chi connectivity index (χ3n) is 3.93. The van der Waals surface area contributed by atoms with Crippen LogP contribution in [0.2, 0.25) is 10.0 Å². The summed E-state index contributed by atoms with van der Waals surface area (Å²) >= 11 is 11.9. The van der Waals surface area contributed by atoms with Crippen LogP contribution in [0.15, 0.2) is 36.4 Å². The molecule has 5 heteroatoms. The molecule has 0 radical (unpaired) electrons. The van der Waals surface area contributed by atoms with E-state index in [-0.39, 0.29) is 18.6 Å². The van der Waals surface area contributed by atoms with Gasteiger partial charge in [-0.2, -0.15) is 0 Å². The molecule has 0 bridgehead atoms. The zero-order valence-corrected chi connectivity index (χ0v) is 15.5. The molecule has 0 aromatic heterocycles. The molecule has 0 saturated carbocycles. The second-order valence-corrected chi connectivity index (χ2v) is 6.58. The Kier molecular flexibility index (Phi) is 6.52. The number of benzene rings is 2. The first-order valence-electron chi connectivity index (χ1n) is 7.85. The molecule has 2 aromatic rings. The van der Waals surface area contributed by atoms with E-state index in [0.29, 0.717) is 15.8 Å². The topological polar surface area (TPSA) is 38.3 Å². The fourth-order valence-corrected chi connectivity index (χ4v) is 2.84. The first kappa shape index (κ1) is 18.6. The molecule has 0 aliphatic carbocycles. The van der Waals surface area contributed by atoms with Crippen molar-refractivity contribution < 1.29 is 9.53 Å². The third kappa shape index (κ3) is 4.89. The number of aryl methyl sites for hydroxylation is 2. The van der Waals surface area contributed by atoms with Gasteiger partial charge in [-0.3, -0.25) is 4.79 Å². The second kappa shape index (κ2) is 8.41. The molecule has 0 aliphatic rings.